The van der Waals surface area contributed by atoms with Crippen molar-refractivity contribution in [3.8, 4) is 11.5 Å². The van der Waals surface area contributed by atoms with Gasteiger partial charge < -0.3 is 14.0 Å². The number of aromatic nitrogens is 2. The van der Waals surface area contributed by atoms with Crippen LogP contribution < -0.4 is 14.8 Å². The average Bonchev–Trinajstić information content (AvgIpc) is 3.25. The van der Waals surface area contributed by atoms with E-state index in [-0.39, 0.29) is 5.84 Å². The summed E-state index contributed by atoms with van der Waals surface area (Å²) in [6, 6.07) is 15.1. The molecule has 2 heterocycles. The van der Waals surface area contributed by atoms with E-state index in [4.69, 9.17) is 14.5 Å². The second kappa shape index (κ2) is 9.15. The Bertz CT molecular complexity index is 1210. The first-order chi connectivity index (χ1) is 15.9. The third-order valence-corrected chi connectivity index (χ3v) is 5.58. The molecule has 0 spiro atoms. The fraction of sp³-hybridized carbons (Fsp3) is 0.250. The third kappa shape index (κ3) is 4.57. The number of ether oxygens (including phenoxy) is 2. The molecule has 33 heavy (non-hydrogen) atoms. The minimum Gasteiger partial charge on any atom is -0.497 e. The molecule has 9 heteroatoms. The summed E-state index contributed by atoms with van der Waals surface area (Å²) in [6.07, 6.45) is 1.19. The van der Waals surface area contributed by atoms with E-state index in [1.165, 1.54) is 7.05 Å². The highest BCUT2D eigenvalue weighted by Crippen LogP contribution is 2.25. The van der Waals surface area contributed by atoms with E-state index in [0.717, 1.165) is 38.9 Å². The van der Waals surface area contributed by atoms with Crippen LogP contribution >= 0.6 is 0 Å². The molecule has 1 saturated heterocycles. The number of rotatable bonds is 7. The summed E-state index contributed by atoms with van der Waals surface area (Å²) in [6.45, 7) is 0. The number of hydrogen-bond donors (Lipinski definition) is 1. The van der Waals surface area contributed by atoms with Gasteiger partial charge in [0.15, 0.2) is 0 Å². The highest BCUT2D eigenvalue weighted by atomic mass is 16.5. The van der Waals surface area contributed by atoms with Gasteiger partial charge in [0.1, 0.15) is 11.5 Å². The third-order valence-electron chi connectivity index (χ3n) is 5.58. The highest BCUT2D eigenvalue weighted by molar-refractivity contribution is 6.47. The van der Waals surface area contributed by atoms with Crippen LogP contribution in [0, 0.1) is 0 Å². The van der Waals surface area contributed by atoms with Gasteiger partial charge in [-0.2, -0.15) is 4.99 Å². The number of benzene rings is 2. The fourth-order valence-corrected chi connectivity index (χ4v) is 3.58. The van der Waals surface area contributed by atoms with E-state index in [0.29, 0.717) is 18.8 Å². The van der Waals surface area contributed by atoms with Crippen molar-refractivity contribution in [1.82, 2.24) is 19.8 Å². The molecule has 0 atom stereocenters. The lowest BCUT2D eigenvalue weighted by atomic mass is 10.0. The van der Waals surface area contributed by atoms with Gasteiger partial charge in [-0.1, -0.05) is 24.3 Å². The lowest BCUT2D eigenvalue weighted by Crippen LogP contribution is -2.25. The zero-order valence-corrected chi connectivity index (χ0v) is 19.0. The average molecular weight is 447 g/mol. The predicted molar refractivity (Wildman–Crippen MR) is 123 cm³/mol. The van der Waals surface area contributed by atoms with Crippen LogP contribution in [-0.2, 0) is 24.7 Å². The van der Waals surface area contributed by atoms with Crippen molar-refractivity contribution in [3.63, 3.8) is 0 Å². The molecule has 0 unspecified atom stereocenters. The number of methoxy groups -OCH3 is 2. The van der Waals surface area contributed by atoms with Crippen LogP contribution in [0.2, 0.25) is 0 Å². The molecule has 3 aromatic rings. The van der Waals surface area contributed by atoms with Crippen LogP contribution in [0.5, 0.6) is 11.5 Å². The molecule has 1 fully saturated rings. The summed E-state index contributed by atoms with van der Waals surface area (Å²) < 4.78 is 12.4. The largest absolute Gasteiger partial charge is 0.497 e. The fourth-order valence-electron chi connectivity index (χ4n) is 3.58. The van der Waals surface area contributed by atoms with Gasteiger partial charge in [-0.15, -0.1) is 0 Å². The molecular formula is C24H25N5O4. The summed E-state index contributed by atoms with van der Waals surface area (Å²) in [5, 5.41) is 2.49. The van der Waals surface area contributed by atoms with E-state index in [1.54, 1.807) is 14.2 Å². The van der Waals surface area contributed by atoms with E-state index < -0.39 is 11.9 Å². The molecule has 0 aliphatic carbocycles. The molecule has 9 nitrogen and oxygen atoms in total. The van der Waals surface area contributed by atoms with Gasteiger partial charge in [-0.3, -0.25) is 15.0 Å². The number of nitrogens with zero attached hydrogens (tertiary/aromatic N) is 4. The molecule has 0 radical (unpaired) electrons. The number of imide groups is 1. The van der Waals surface area contributed by atoms with E-state index in [9.17, 15) is 9.59 Å². The molecular weight excluding hydrogens is 422 g/mol. The number of hydrogen-bond acceptors (Lipinski definition) is 6. The Morgan fingerprint density at radius 2 is 1.42 bits per heavy atom. The van der Waals surface area contributed by atoms with Gasteiger partial charge in [0.05, 0.1) is 19.9 Å². The Balaban J connectivity index is 1.71. The first kappa shape index (κ1) is 22.1. The second-order valence-electron chi connectivity index (χ2n) is 7.67. The SMILES string of the molecule is COc1ccc(Cc2nc(N=C3NC(=O)N(C)C3=O)n(C)c2Cc2ccc(OC)cc2)cc1. The summed E-state index contributed by atoms with van der Waals surface area (Å²) in [4.78, 5) is 34.1. The summed E-state index contributed by atoms with van der Waals surface area (Å²) >= 11 is 0. The van der Waals surface area contributed by atoms with E-state index in [1.807, 2.05) is 60.1 Å². The van der Waals surface area contributed by atoms with Crippen LogP contribution in [0.4, 0.5) is 10.7 Å². The maximum Gasteiger partial charge on any atom is 0.329 e. The molecule has 1 aromatic heterocycles. The number of urea groups is 1. The topological polar surface area (TPSA) is 98.1 Å². The quantitative estimate of drug-likeness (QED) is 0.562. The van der Waals surface area contributed by atoms with Crippen molar-refractivity contribution in [1.29, 1.82) is 0 Å². The van der Waals surface area contributed by atoms with Crippen molar-refractivity contribution < 1.29 is 19.1 Å². The molecule has 2 aromatic carbocycles. The highest BCUT2D eigenvalue weighted by Gasteiger charge is 2.32. The second-order valence-corrected chi connectivity index (χ2v) is 7.67. The number of nitrogens with one attached hydrogen (secondary N) is 1. The van der Waals surface area contributed by atoms with Gasteiger partial charge in [0, 0.05) is 32.6 Å². The number of carbonyl (C=O) groups excluding carboxylic acids is 2. The summed E-state index contributed by atoms with van der Waals surface area (Å²) in [7, 11) is 6.53. The molecule has 170 valence electrons. The smallest absolute Gasteiger partial charge is 0.329 e. The zero-order valence-electron chi connectivity index (χ0n) is 19.0. The van der Waals surface area contributed by atoms with Gasteiger partial charge in [0.25, 0.3) is 5.91 Å². The lowest BCUT2D eigenvalue weighted by molar-refractivity contribution is -0.119. The summed E-state index contributed by atoms with van der Waals surface area (Å²) in [5.74, 6) is 1.39. The van der Waals surface area contributed by atoms with E-state index >= 15 is 0 Å². The Hall–Kier alpha value is -4.14. The number of amidine groups is 1. The number of imidazole rings is 1. The van der Waals surface area contributed by atoms with Crippen molar-refractivity contribution in [3.05, 3.63) is 71.0 Å². The standard InChI is InChI=1S/C24H25N5O4/c1-28-20(14-16-7-11-18(33-4)12-8-16)19(13-15-5-9-17(32-3)10-6-15)25-23(28)26-21-22(30)29(2)24(31)27-21/h5-12H,13-14H2,1-4H3,(H,25,26,27,31). The first-order valence-electron chi connectivity index (χ1n) is 10.4. The Labute approximate surface area is 191 Å². The maximum absolute atomic E-state index is 12.3. The van der Waals surface area contributed by atoms with Gasteiger partial charge in [-0.25, -0.2) is 9.78 Å². The van der Waals surface area contributed by atoms with Crippen LogP contribution in [0.25, 0.3) is 0 Å². The van der Waals surface area contributed by atoms with Crippen molar-refractivity contribution >= 4 is 23.7 Å². The number of carbonyl (C=O) groups is 2. The molecule has 1 aliphatic heterocycles. The molecule has 3 amide bonds. The maximum atomic E-state index is 12.3. The van der Waals surface area contributed by atoms with Crippen LogP contribution in [0.15, 0.2) is 53.5 Å². The van der Waals surface area contributed by atoms with E-state index in [2.05, 4.69) is 10.3 Å². The number of aliphatic imine (C=N–C) groups is 1. The minimum absolute atomic E-state index is 0.0393. The van der Waals surface area contributed by atoms with Crippen LogP contribution in [0.1, 0.15) is 22.5 Å². The minimum atomic E-state index is -0.509. The van der Waals surface area contributed by atoms with Crippen molar-refractivity contribution in [2.75, 3.05) is 21.3 Å². The van der Waals surface area contributed by atoms with Gasteiger partial charge >= 0.3 is 6.03 Å². The first-order valence-corrected chi connectivity index (χ1v) is 10.4. The predicted octanol–water partition coefficient (Wildman–Crippen LogP) is 2.83. The molecule has 0 saturated carbocycles. The lowest BCUT2D eigenvalue weighted by Gasteiger charge is -2.08. The number of likely N-dealkylation sites (N-methyl/N-ethyl adjacent to an activating group) is 1. The normalized spacial score (nSPS) is 14.7. The Kier molecular flexibility index (Phi) is 6.12. The number of amides is 3. The molecule has 1 N–H and O–H groups in total. The monoisotopic (exact) mass is 447 g/mol. The molecule has 1 aliphatic rings. The van der Waals surface area contributed by atoms with Crippen LogP contribution in [-0.4, -0.2) is 53.5 Å². The molecule has 0 bridgehead atoms. The molecule has 4 rings (SSSR count). The van der Waals surface area contributed by atoms with Crippen LogP contribution in [0.3, 0.4) is 0 Å². The summed E-state index contributed by atoms with van der Waals surface area (Å²) in [5.41, 5.74) is 3.94. The Morgan fingerprint density at radius 3 is 1.91 bits per heavy atom. The Morgan fingerprint density at radius 1 is 0.879 bits per heavy atom. The van der Waals surface area contributed by atoms with Gasteiger partial charge in [0.2, 0.25) is 11.8 Å². The zero-order chi connectivity index (χ0) is 23.5. The van der Waals surface area contributed by atoms with Gasteiger partial charge in [-0.05, 0) is 35.4 Å². The van der Waals surface area contributed by atoms with Crippen molar-refractivity contribution in [2.24, 2.45) is 12.0 Å². The van der Waals surface area contributed by atoms with Crippen molar-refractivity contribution in [2.45, 2.75) is 12.8 Å².